The van der Waals surface area contributed by atoms with Crippen LogP contribution in [0.4, 0.5) is 0 Å². The summed E-state index contributed by atoms with van der Waals surface area (Å²) in [5.74, 6) is -0.442. The van der Waals surface area contributed by atoms with Crippen molar-refractivity contribution in [1.29, 1.82) is 0 Å². The maximum atomic E-state index is 11.1. The molecular weight excluding hydrogens is 264 g/mol. The maximum Gasteiger partial charge on any atom is 0.258 e. The van der Waals surface area contributed by atoms with E-state index < -0.39 is 5.91 Å². The predicted octanol–water partition coefficient (Wildman–Crippen LogP) is 1.05. The van der Waals surface area contributed by atoms with Crippen LogP contribution in [0.25, 0.3) is 16.2 Å². The minimum Gasteiger partial charge on any atom is -0.390 e. The molecule has 0 spiro atoms. The number of primary amides is 1. The fourth-order valence-electron chi connectivity index (χ4n) is 1.80. The molecule has 0 aliphatic heterocycles. The van der Waals surface area contributed by atoms with Crippen LogP contribution in [0.3, 0.4) is 0 Å². The van der Waals surface area contributed by atoms with Crippen LogP contribution in [0.15, 0.2) is 30.7 Å². The molecule has 1 amide bonds. The van der Waals surface area contributed by atoms with Crippen LogP contribution in [0.1, 0.15) is 15.4 Å². The maximum absolute atomic E-state index is 11.1. The van der Waals surface area contributed by atoms with Crippen molar-refractivity contribution < 1.29 is 9.90 Å². The van der Waals surface area contributed by atoms with Gasteiger partial charge in [0.25, 0.3) is 5.91 Å². The first kappa shape index (κ1) is 11.8. The fourth-order valence-corrected chi connectivity index (χ4v) is 2.67. The third-order valence-corrected chi connectivity index (χ3v) is 3.84. The lowest BCUT2D eigenvalue weighted by Crippen LogP contribution is -2.07. The van der Waals surface area contributed by atoms with Crippen molar-refractivity contribution >= 4 is 22.9 Å². The number of carbonyl (C=O) groups is 1. The molecule has 0 radical (unpaired) electrons. The van der Waals surface area contributed by atoms with Gasteiger partial charge in [0.15, 0.2) is 5.65 Å². The number of rotatable bonds is 3. The average molecular weight is 274 g/mol. The molecule has 3 N–H and O–H groups in total. The molecule has 0 fully saturated rings. The summed E-state index contributed by atoms with van der Waals surface area (Å²) in [4.78, 5) is 20.8. The highest BCUT2D eigenvalue weighted by atomic mass is 32.1. The third-order valence-electron chi connectivity index (χ3n) is 2.71. The quantitative estimate of drug-likeness (QED) is 0.746. The molecule has 0 aliphatic carbocycles. The first-order chi connectivity index (χ1) is 9.19. The third kappa shape index (κ3) is 1.98. The van der Waals surface area contributed by atoms with Gasteiger partial charge in [-0.3, -0.25) is 14.2 Å². The van der Waals surface area contributed by atoms with Crippen molar-refractivity contribution in [3.05, 3.63) is 41.3 Å². The number of carbonyl (C=O) groups excluding carboxylic acids is 1. The van der Waals surface area contributed by atoms with Crippen LogP contribution >= 0.6 is 11.3 Å². The molecule has 0 aromatic carbocycles. The second-order valence-corrected chi connectivity index (χ2v) is 5.02. The molecule has 7 heteroatoms. The summed E-state index contributed by atoms with van der Waals surface area (Å²) in [6.07, 6.45) is 5.02. The van der Waals surface area contributed by atoms with E-state index in [4.69, 9.17) is 10.8 Å². The van der Waals surface area contributed by atoms with Crippen LogP contribution in [0, 0.1) is 0 Å². The van der Waals surface area contributed by atoms with Gasteiger partial charge in [0, 0.05) is 6.20 Å². The van der Waals surface area contributed by atoms with E-state index in [1.165, 1.54) is 11.3 Å². The Labute approximate surface area is 112 Å². The van der Waals surface area contributed by atoms with Gasteiger partial charge in [0.2, 0.25) is 0 Å². The van der Waals surface area contributed by atoms with E-state index in [9.17, 15) is 4.79 Å². The highest BCUT2D eigenvalue weighted by Gasteiger charge is 2.11. The van der Waals surface area contributed by atoms with Gasteiger partial charge in [0.1, 0.15) is 0 Å². The minimum absolute atomic E-state index is 0.134. The summed E-state index contributed by atoms with van der Waals surface area (Å²) in [5.41, 5.74) is 7.32. The number of aliphatic hydroxyl groups is 1. The van der Waals surface area contributed by atoms with Gasteiger partial charge in [-0.25, -0.2) is 4.98 Å². The lowest BCUT2D eigenvalue weighted by atomic mass is 10.3. The Bertz CT molecular complexity index is 762. The number of aromatic nitrogens is 3. The number of imidazole rings is 1. The molecule has 0 aliphatic rings. The Morgan fingerprint density at radius 2 is 2.21 bits per heavy atom. The Balaban J connectivity index is 2.15. The Kier molecular flexibility index (Phi) is 2.77. The SMILES string of the molecule is NC(=O)c1ccc(-c2cnc3cnc(CO)cn23)s1. The number of hydrogen-bond donors (Lipinski definition) is 2. The van der Waals surface area contributed by atoms with Gasteiger partial charge >= 0.3 is 0 Å². The number of nitrogens with two attached hydrogens (primary N) is 1. The van der Waals surface area contributed by atoms with Crippen molar-refractivity contribution in [2.75, 3.05) is 0 Å². The summed E-state index contributed by atoms with van der Waals surface area (Å²) in [7, 11) is 0. The fraction of sp³-hybridized carbons (Fsp3) is 0.0833. The van der Waals surface area contributed by atoms with Crippen LogP contribution < -0.4 is 5.73 Å². The number of thiophene rings is 1. The molecule has 0 saturated heterocycles. The standard InChI is InChI=1S/C12H10N4O2S/c13-12(18)10-2-1-9(19-10)8-3-15-11-4-14-7(6-17)5-16(8)11/h1-5,17H,6H2,(H2,13,18). The molecule has 3 aromatic heterocycles. The number of nitrogens with zero attached hydrogens (tertiary/aromatic N) is 3. The van der Waals surface area contributed by atoms with Gasteiger partial charge in [-0.15, -0.1) is 11.3 Å². The molecular formula is C12H10N4O2S. The van der Waals surface area contributed by atoms with Gasteiger partial charge in [-0.1, -0.05) is 0 Å². The molecule has 3 rings (SSSR count). The van der Waals surface area contributed by atoms with Crippen LogP contribution in [0.2, 0.25) is 0 Å². The molecule has 0 saturated carbocycles. The molecule has 96 valence electrons. The van der Waals surface area contributed by atoms with E-state index in [0.717, 1.165) is 10.6 Å². The Morgan fingerprint density at radius 1 is 1.37 bits per heavy atom. The van der Waals surface area contributed by atoms with Crippen molar-refractivity contribution in [3.8, 4) is 10.6 Å². The number of fused-ring (bicyclic) bond motifs is 1. The van der Waals surface area contributed by atoms with Gasteiger partial charge in [-0.2, -0.15) is 0 Å². The minimum atomic E-state index is -0.442. The van der Waals surface area contributed by atoms with E-state index >= 15 is 0 Å². The van der Waals surface area contributed by atoms with Crippen LogP contribution in [0.5, 0.6) is 0 Å². The van der Waals surface area contributed by atoms with Crippen molar-refractivity contribution in [2.45, 2.75) is 6.61 Å². The summed E-state index contributed by atoms with van der Waals surface area (Å²) >= 11 is 1.31. The average Bonchev–Trinajstić information content (AvgIpc) is 3.03. The van der Waals surface area contributed by atoms with Crippen LogP contribution in [-0.2, 0) is 6.61 Å². The van der Waals surface area contributed by atoms with Crippen molar-refractivity contribution in [1.82, 2.24) is 14.4 Å². The first-order valence-corrected chi connectivity index (χ1v) is 6.33. The normalized spacial score (nSPS) is 11.0. The highest BCUT2D eigenvalue weighted by Crippen LogP contribution is 2.28. The van der Waals surface area contributed by atoms with Gasteiger partial charge in [0.05, 0.1) is 40.1 Å². The van der Waals surface area contributed by atoms with E-state index in [2.05, 4.69) is 9.97 Å². The van der Waals surface area contributed by atoms with E-state index in [1.807, 2.05) is 10.5 Å². The molecule has 3 aromatic rings. The highest BCUT2D eigenvalue weighted by molar-refractivity contribution is 7.17. The Morgan fingerprint density at radius 3 is 2.89 bits per heavy atom. The van der Waals surface area contributed by atoms with E-state index in [-0.39, 0.29) is 6.61 Å². The zero-order chi connectivity index (χ0) is 13.4. The number of hydrogen-bond acceptors (Lipinski definition) is 5. The second kappa shape index (κ2) is 4.45. The molecule has 6 nitrogen and oxygen atoms in total. The lowest BCUT2D eigenvalue weighted by Gasteiger charge is -2.00. The molecule has 3 heterocycles. The molecule has 19 heavy (non-hydrogen) atoms. The number of aliphatic hydroxyl groups excluding tert-OH is 1. The molecule has 0 unspecified atom stereocenters. The molecule has 0 bridgehead atoms. The number of amides is 1. The zero-order valence-corrected chi connectivity index (χ0v) is 10.6. The van der Waals surface area contributed by atoms with Gasteiger partial charge in [-0.05, 0) is 12.1 Å². The van der Waals surface area contributed by atoms with E-state index in [0.29, 0.717) is 16.2 Å². The molecule has 0 atom stereocenters. The lowest BCUT2D eigenvalue weighted by molar-refractivity contribution is 0.100. The smallest absolute Gasteiger partial charge is 0.258 e. The Hall–Kier alpha value is -2.25. The second-order valence-electron chi connectivity index (χ2n) is 3.94. The van der Waals surface area contributed by atoms with Gasteiger partial charge < -0.3 is 10.8 Å². The summed E-state index contributed by atoms with van der Waals surface area (Å²) < 4.78 is 1.83. The van der Waals surface area contributed by atoms with Crippen molar-refractivity contribution in [3.63, 3.8) is 0 Å². The topological polar surface area (TPSA) is 93.5 Å². The predicted molar refractivity (Wildman–Crippen MR) is 70.7 cm³/mol. The largest absolute Gasteiger partial charge is 0.390 e. The summed E-state index contributed by atoms with van der Waals surface area (Å²) in [5, 5.41) is 9.12. The summed E-state index contributed by atoms with van der Waals surface area (Å²) in [6.45, 7) is -0.134. The van der Waals surface area contributed by atoms with E-state index in [1.54, 1.807) is 24.7 Å². The zero-order valence-electron chi connectivity index (χ0n) is 9.78. The first-order valence-electron chi connectivity index (χ1n) is 5.52. The monoisotopic (exact) mass is 274 g/mol. The van der Waals surface area contributed by atoms with Crippen LogP contribution in [-0.4, -0.2) is 25.4 Å². The van der Waals surface area contributed by atoms with Crippen molar-refractivity contribution in [2.24, 2.45) is 5.73 Å². The summed E-state index contributed by atoms with van der Waals surface area (Å²) in [6, 6.07) is 3.52.